The first-order chi connectivity index (χ1) is 9.52. The fourth-order valence-electron chi connectivity index (χ4n) is 1.63. The summed E-state index contributed by atoms with van der Waals surface area (Å²) < 4.78 is 0. The van der Waals surface area contributed by atoms with E-state index in [1.165, 1.54) is 18.3 Å². The number of hydrogen-bond acceptors (Lipinski definition) is 3. The van der Waals surface area contributed by atoms with E-state index >= 15 is 0 Å². The van der Waals surface area contributed by atoms with Crippen LogP contribution >= 0.6 is 34.8 Å². The minimum atomic E-state index is -0.345. The minimum absolute atomic E-state index is 0.274. The summed E-state index contributed by atoms with van der Waals surface area (Å²) in [6.07, 6.45) is 3.08. The van der Waals surface area contributed by atoms with E-state index in [1.807, 2.05) is 0 Å². The van der Waals surface area contributed by atoms with Crippen molar-refractivity contribution >= 4 is 52.1 Å². The molecule has 0 saturated carbocycles. The summed E-state index contributed by atoms with van der Waals surface area (Å²) in [7, 11) is 1.70. The Hall–Kier alpha value is -1.49. The SMILES string of the molecule is CNc1cnccc1C(=O)Nc1c(Cl)cc(Cl)cc1Cl. The number of rotatable bonds is 3. The van der Waals surface area contributed by atoms with Gasteiger partial charge in [0.25, 0.3) is 5.91 Å². The molecule has 2 aromatic rings. The molecule has 0 spiro atoms. The molecule has 0 saturated heterocycles. The van der Waals surface area contributed by atoms with E-state index < -0.39 is 0 Å². The number of anilines is 2. The molecule has 2 N–H and O–H groups in total. The molecule has 7 heteroatoms. The van der Waals surface area contributed by atoms with E-state index in [0.29, 0.717) is 22.0 Å². The van der Waals surface area contributed by atoms with Crippen LogP contribution in [0.1, 0.15) is 10.4 Å². The van der Waals surface area contributed by atoms with E-state index in [-0.39, 0.29) is 16.0 Å². The van der Waals surface area contributed by atoms with Gasteiger partial charge in [-0.05, 0) is 18.2 Å². The zero-order chi connectivity index (χ0) is 14.7. The molecule has 0 fully saturated rings. The Kier molecular flexibility index (Phi) is 4.70. The Morgan fingerprint density at radius 1 is 1.20 bits per heavy atom. The Labute approximate surface area is 131 Å². The van der Waals surface area contributed by atoms with Crippen molar-refractivity contribution in [2.24, 2.45) is 0 Å². The van der Waals surface area contributed by atoms with E-state index in [4.69, 9.17) is 34.8 Å². The highest BCUT2D eigenvalue weighted by atomic mass is 35.5. The second kappa shape index (κ2) is 6.31. The van der Waals surface area contributed by atoms with Crippen molar-refractivity contribution in [3.63, 3.8) is 0 Å². The summed E-state index contributed by atoms with van der Waals surface area (Å²) >= 11 is 17.9. The monoisotopic (exact) mass is 329 g/mol. The normalized spacial score (nSPS) is 10.2. The van der Waals surface area contributed by atoms with Gasteiger partial charge in [-0.25, -0.2) is 0 Å². The van der Waals surface area contributed by atoms with Gasteiger partial charge in [-0.3, -0.25) is 9.78 Å². The average Bonchev–Trinajstić information content (AvgIpc) is 2.42. The Morgan fingerprint density at radius 3 is 2.45 bits per heavy atom. The highest BCUT2D eigenvalue weighted by molar-refractivity contribution is 6.42. The van der Waals surface area contributed by atoms with Crippen LogP contribution in [-0.2, 0) is 0 Å². The van der Waals surface area contributed by atoms with Crippen LogP contribution < -0.4 is 10.6 Å². The average molecular weight is 331 g/mol. The molecule has 4 nitrogen and oxygen atoms in total. The number of carbonyl (C=O) groups excluding carboxylic acids is 1. The van der Waals surface area contributed by atoms with Gasteiger partial charge < -0.3 is 10.6 Å². The molecule has 0 radical (unpaired) electrons. The third-order valence-corrected chi connectivity index (χ3v) is 3.39. The molecule has 104 valence electrons. The number of benzene rings is 1. The van der Waals surface area contributed by atoms with Gasteiger partial charge in [0.15, 0.2) is 0 Å². The molecule has 0 unspecified atom stereocenters. The lowest BCUT2D eigenvalue weighted by atomic mass is 10.2. The summed E-state index contributed by atoms with van der Waals surface area (Å²) in [6.45, 7) is 0. The maximum atomic E-state index is 12.3. The number of nitrogens with one attached hydrogen (secondary N) is 2. The molecule has 0 aliphatic rings. The summed E-state index contributed by atoms with van der Waals surface area (Å²) in [6, 6.07) is 4.62. The molecule has 1 aromatic carbocycles. The Bertz CT molecular complexity index is 638. The van der Waals surface area contributed by atoms with Gasteiger partial charge in [0.05, 0.1) is 33.2 Å². The zero-order valence-electron chi connectivity index (χ0n) is 10.4. The zero-order valence-corrected chi connectivity index (χ0v) is 12.6. The number of carbonyl (C=O) groups is 1. The van der Waals surface area contributed by atoms with Crippen molar-refractivity contribution in [3.8, 4) is 0 Å². The number of amides is 1. The van der Waals surface area contributed by atoms with E-state index in [1.54, 1.807) is 19.3 Å². The molecular weight excluding hydrogens is 321 g/mol. The number of aromatic nitrogens is 1. The van der Waals surface area contributed by atoms with Crippen LogP contribution in [0.2, 0.25) is 15.1 Å². The van der Waals surface area contributed by atoms with Gasteiger partial charge in [0.2, 0.25) is 0 Å². The summed E-state index contributed by atoms with van der Waals surface area (Å²) in [5.41, 5.74) is 1.36. The third kappa shape index (κ3) is 3.15. The maximum Gasteiger partial charge on any atom is 0.257 e. The minimum Gasteiger partial charge on any atom is -0.386 e. The summed E-state index contributed by atoms with van der Waals surface area (Å²) in [5.74, 6) is -0.345. The molecule has 20 heavy (non-hydrogen) atoms. The molecule has 1 aromatic heterocycles. The second-order valence-corrected chi connectivity index (χ2v) is 5.12. The van der Waals surface area contributed by atoms with Gasteiger partial charge in [-0.15, -0.1) is 0 Å². The third-order valence-electron chi connectivity index (χ3n) is 2.58. The van der Waals surface area contributed by atoms with Crippen molar-refractivity contribution in [3.05, 3.63) is 51.2 Å². The maximum absolute atomic E-state index is 12.3. The number of pyridine rings is 1. The lowest BCUT2D eigenvalue weighted by Gasteiger charge is -2.12. The summed E-state index contributed by atoms with van der Waals surface area (Å²) in [4.78, 5) is 16.2. The highest BCUT2D eigenvalue weighted by Crippen LogP contribution is 2.34. The first kappa shape index (κ1) is 14.9. The van der Waals surface area contributed by atoms with Crippen molar-refractivity contribution in [1.29, 1.82) is 0 Å². The predicted octanol–water partition coefficient (Wildman–Crippen LogP) is 4.34. The lowest BCUT2D eigenvalue weighted by molar-refractivity contribution is 0.102. The predicted molar refractivity (Wildman–Crippen MR) is 83.2 cm³/mol. The molecule has 0 atom stereocenters. The van der Waals surface area contributed by atoms with Gasteiger partial charge in [0, 0.05) is 18.3 Å². The first-order valence-corrected chi connectivity index (χ1v) is 6.74. The van der Waals surface area contributed by atoms with Crippen LogP contribution in [0.5, 0.6) is 0 Å². The van der Waals surface area contributed by atoms with Crippen molar-refractivity contribution in [1.82, 2.24) is 4.98 Å². The van der Waals surface area contributed by atoms with Crippen LogP contribution in [0.3, 0.4) is 0 Å². The van der Waals surface area contributed by atoms with Crippen molar-refractivity contribution in [2.45, 2.75) is 0 Å². The van der Waals surface area contributed by atoms with Crippen molar-refractivity contribution in [2.75, 3.05) is 17.7 Å². The molecule has 0 bridgehead atoms. The Balaban J connectivity index is 2.33. The Morgan fingerprint density at radius 2 is 1.85 bits per heavy atom. The van der Waals surface area contributed by atoms with Gasteiger partial charge in [-0.1, -0.05) is 34.8 Å². The second-order valence-electron chi connectivity index (χ2n) is 3.87. The van der Waals surface area contributed by atoms with Crippen LogP contribution in [0.4, 0.5) is 11.4 Å². The highest BCUT2D eigenvalue weighted by Gasteiger charge is 2.15. The van der Waals surface area contributed by atoms with Gasteiger partial charge in [0.1, 0.15) is 0 Å². The van der Waals surface area contributed by atoms with E-state index in [2.05, 4.69) is 15.6 Å². The molecule has 1 amide bonds. The summed E-state index contributed by atoms with van der Waals surface area (Å²) in [5, 5.41) is 6.51. The van der Waals surface area contributed by atoms with E-state index in [9.17, 15) is 4.79 Å². The molecule has 1 heterocycles. The van der Waals surface area contributed by atoms with Gasteiger partial charge in [-0.2, -0.15) is 0 Å². The molecular formula is C13H10Cl3N3O. The van der Waals surface area contributed by atoms with E-state index in [0.717, 1.165) is 0 Å². The van der Waals surface area contributed by atoms with Crippen LogP contribution in [0.15, 0.2) is 30.6 Å². The smallest absolute Gasteiger partial charge is 0.257 e. The van der Waals surface area contributed by atoms with Crippen molar-refractivity contribution < 1.29 is 4.79 Å². The number of halogens is 3. The lowest BCUT2D eigenvalue weighted by Crippen LogP contribution is -2.14. The quantitative estimate of drug-likeness (QED) is 0.880. The fraction of sp³-hybridized carbons (Fsp3) is 0.0769. The first-order valence-electron chi connectivity index (χ1n) is 5.60. The van der Waals surface area contributed by atoms with Crippen LogP contribution in [0, 0.1) is 0 Å². The number of nitrogens with zero attached hydrogens (tertiary/aromatic N) is 1. The molecule has 0 aliphatic carbocycles. The standard InChI is InChI=1S/C13H10Cl3N3O/c1-17-11-6-18-3-2-8(11)13(20)19-12-9(15)4-7(14)5-10(12)16/h2-6,17H,1H3,(H,19,20). The topological polar surface area (TPSA) is 54.0 Å². The fourth-order valence-corrected chi connectivity index (χ4v) is 2.55. The van der Waals surface area contributed by atoms with Gasteiger partial charge >= 0.3 is 0 Å². The van der Waals surface area contributed by atoms with Crippen LogP contribution in [0.25, 0.3) is 0 Å². The number of hydrogen-bond donors (Lipinski definition) is 2. The van der Waals surface area contributed by atoms with Crippen LogP contribution in [-0.4, -0.2) is 17.9 Å². The largest absolute Gasteiger partial charge is 0.386 e. The molecule has 0 aliphatic heterocycles. The molecule has 2 rings (SSSR count).